The Morgan fingerprint density at radius 1 is 1.35 bits per heavy atom. The maximum Gasteiger partial charge on any atom is 0.308 e. The maximum absolute atomic E-state index is 12.4. The second kappa shape index (κ2) is 8.01. The smallest absolute Gasteiger partial charge is 0.308 e. The van der Waals surface area contributed by atoms with Crippen molar-refractivity contribution >= 4 is 29.5 Å². The molecule has 1 aromatic rings. The minimum absolute atomic E-state index is 0.122. The fraction of sp³-hybridized carbons (Fsp3) is 0.438. The van der Waals surface area contributed by atoms with Crippen LogP contribution in [0.1, 0.15) is 12.0 Å². The number of methoxy groups -OCH3 is 1. The summed E-state index contributed by atoms with van der Waals surface area (Å²) in [6.07, 6.45) is -0.122. The van der Waals surface area contributed by atoms with Gasteiger partial charge in [0.1, 0.15) is 6.04 Å². The molecule has 2 amide bonds. The number of hydrogen-bond acceptors (Lipinski definition) is 5. The summed E-state index contributed by atoms with van der Waals surface area (Å²) < 4.78 is 4.61. The lowest BCUT2D eigenvalue weighted by Gasteiger charge is -2.34. The number of rotatable bonds is 5. The van der Waals surface area contributed by atoms with Gasteiger partial charge in [-0.3, -0.25) is 14.4 Å². The number of amides is 2. The van der Waals surface area contributed by atoms with E-state index >= 15 is 0 Å². The Morgan fingerprint density at radius 2 is 2.04 bits per heavy atom. The van der Waals surface area contributed by atoms with Crippen LogP contribution in [0.3, 0.4) is 0 Å². The number of nitrogens with zero attached hydrogens (tertiary/aromatic N) is 1. The van der Waals surface area contributed by atoms with Crippen LogP contribution in [0.4, 0.5) is 0 Å². The predicted octanol–water partition coefficient (Wildman–Crippen LogP) is 0.977. The zero-order valence-electron chi connectivity index (χ0n) is 13.2. The minimum Gasteiger partial charge on any atom is -0.469 e. The molecule has 0 aromatic heterocycles. The van der Waals surface area contributed by atoms with E-state index < -0.39 is 12.0 Å². The van der Waals surface area contributed by atoms with Crippen LogP contribution in [-0.4, -0.2) is 54.7 Å². The summed E-state index contributed by atoms with van der Waals surface area (Å²) in [5.41, 5.74) is 1.16. The number of carbonyl (C=O) groups is 3. The van der Waals surface area contributed by atoms with Crippen molar-refractivity contribution in [2.45, 2.75) is 24.3 Å². The molecule has 1 fully saturated rings. The van der Waals surface area contributed by atoms with Crippen LogP contribution < -0.4 is 5.32 Å². The summed E-state index contributed by atoms with van der Waals surface area (Å²) in [7, 11) is 1.27. The highest BCUT2D eigenvalue weighted by molar-refractivity contribution is 8.00. The zero-order valence-corrected chi connectivity index (χ0v) is 14.0. The molecule has 1 aliphatic heterocycles. The van der Waals surface area contributed by atoms with Gasteiger partial charge in [-0.2, -0.15) is 0 Å². The first kappa shape index (κ1) is 17.3. The van der Waals surface area contributed by atoms with Crippen molar-refractivity contribution in [2.75, 3.05) is 26.0 Å². The third kappa shape index (κ3) is 4.72. The molecule has 1 saturated heterocycles. The van der Waals surface area contributed by atoms with Gasteiger partial charge in [0.25, 0.3) is 0 Å². The first-order valence-corrected chi connectivity index (χ1v) is 8.33. The molecule has 1 aliphatic rings. The molecule has 23 heavy (non-hydrogen) atoms. The van der Waals surface area contributed by atoms with Gasteiger partial charge in [0.15, 0.2) is 0 Å². The molecule has 1 atom stereocenters. The second-order valence-electron chi connectivity index (χ2n) is 5.28. The van der Waals surface area contributed by atoms with Gasteiger partial charge < -0.3 is 15.0 Å². The van der Waals surface area contributed by atoms with E-state index in [1.54, 1.807) is 0 Å². The molecular formula is C16H20N2O4S. The minimum atomic E-state index is -0.790. The van der Waals surface area contributed by atoms with E-state index in [0.29, 0.717) is 13.1 Å². The van der Waals surface area contributed by atoms with Gasteiger partial charge in [-0.05, 0) is 19.1 Å². The Balaban J connectivity index is 1.98. The number of benzene rings is 1. The molecule has 0 saturated carbocycles. The summed E-state index contributed by atoms with van der Waals surface area (Å²) >= 11 is 1.42. The fourth-order valence-electron chi connectivity index (χ4n) is 2.32. The largest absolute Gasteiger partial charge is 0.469 e. The number of carbonyl (C=O) groups excluding carboxylic acids is 3. The van der Waals surface area contributed by atoms with Crippen molar-refractivity contribution in [1.82, 2.24) is 10.2 Å². The average Bonchev–Trinajstić information content (AvgIpc) is 2.55. The van der Waals surface area contributed by atoms with Crippen molar-refractivity contribution in [3.63, 3.8) is 0 Å². The molecular weight excluding hydrogens is 316 g/mol. The molecule has 0 unspecified atom stereocenters. The van der Waals surface area contributed by atoms with Gasteiger partial charge in [0.2, 0.25) is 11.8 Å². The molecule has 0 spiro atoms. The summed E-state index contributed by atoms with van der Waals surface area (Å²) in [6.45, 7) is 2.81. The summed E-state index contributed by atoms with van der Waals surface area (Å²) in [5.74, 6) is -0.737. The highest BCUT2D eigenvalue weighted by atomic mass is 32.2. The van der Waals surface area contributed by atoms with E-state index in [-0.39, 0.29) is 24.0 Å². The second-order valence-corrected chi connectivity index (χ2v) is 6.32. The van der Waals surface area contributed by atoms with Crippen molar-refractivity contribution < 1.29 is 19.1 Å². The third-order valence-corrected chi connectivity index (χ3v) is 4.62. The zero-order chi connectivity index (χ0) is 16.8. The molecule has 7 heteroatoms. The molecule has 124 valence electrons. The van der Waals surface area contributed by atoms with Crippen LogP contribution >= 0.6 is 11.8 Å². The monoisotopic (exact) mass is 336 g/mol. The topological polar surface area (TPSA) is 75.7 Å². The Morgan fingerprint density at radius 3 is 2.70 bits per heavy atom. The van der Waals surface area contributed by atoms with Crippen LogP contribution in [0.2, 0.25) is 0 Å². The molecule has 6 nitrogen and oxygen atoms in total. The van der Waals surface area contributed by atoms with Crippen molar-refractivity contribution in [1.29, 1.82) is 0 Å². The first-order chi connectivity index (χ1) is 11.0. The summed E-state index contributed by atoms with van der Waals surface area (Å²) in [4.78, 5) is 38.3. The van der Waals surface area contributed by atoms with Crippen LogP contribution in [0.5, 0.6) is 0 Å². The Bertz CT molecular complexity index is 588. The first-order valence-electron chi connectivity index (χ1n) is 7.34. The third-order valence-electron chi connectivity index (χ3n) is 3.62. The number of aryl methyl sites for hydroxylation is 1. The van der Waals surface area contributed by atoms with Crippen molar-refractivity contribution in [3.05, 3.63) is 29.8 Å². The Kier molecular flexibility index (Phi) is 6.04. The normalized spacial score (nSPS) is 17.6. The van der Waals surface area contributed by atoms with E-state index in [0.717, 1.165) is 10.5 Å². The van der Waals surface area contributed by atoms with E-state index in [9.17, 15) is 14.4 Å². The lowest BCUT2D eigenvalue weighted by atomic mass is 10.1. The highest BCUT2D eigenvalue weighted by Crippen LogP contribution is 2.20. The molecule has 1 aromatic carbocycles. The average molecular weight is 336 g/mol. The number of ether oxygens (including phenoxy) is 1. The van der Waals surface area contributed by atoms with Crippen LogP contribution in [0.25, 0.3) is 0 Å². The van der Waals surface area contributed by atoms with Gasteiger partial charge in [-0.1, -0.05) is 17.7 Å². The van der Waals surface area contributed by atoms with Gasteiger partial charge in [0, 0.05) is 18.0 Å². The van der Waals surface area contributed by atoms with Crippen molar-refractivity contribution in [3.8, 4) is 0 Å². The van der Waals surface area contributed by atoms with Gasteiger partial charge >= 0.3 is 5.97 Å². The Hall–Kier alpha value is -2.02. The van der Waals surface area contributed by atoms with Crippen LogP contribution in [-0.2, 0) is 19.1 Å². The lowest BCUT2D eigenvalue weighted by molar-refractivity contribution is -0.149. The van der Waals surface area contributed by atoms with E-state index in [4.69, 9.17) is 0 Å². The van der Waals surface area contributed by atoms with E-state index in [1.807, 2.05) is 31.2 Å². The Labute approximate surface area is 139 Å². The molecule has 0 aliphatic carbocycles. The summed E-state index contributed by atoms with van der Waals surface area (Å²) in [5, 5.41) is 2.68. The lowest BCUT2D eigenvalue weighted by Crippen LogP contribution is -2.58. The van der Waals surface area contributed by atoms with Crippen LogP contribution in [0.15, 0.2) is 29.2 Å². The number of thioether (sulfide) groups is 1. The van der Waals surface area contributed by atoms with Gasteiger partial charge in [0.05, 0.1) is 19.3 Å². The molecule has 1 heterocycles. The number of piperazine rings is 1. The maximum atomic E-state index is 12.4. The highest BCUT2D eigenvalue weighted by Gasteiger charge is 2.34. The molecule has 2 rings (SSSR count). The van der Waals surface area contributed by atoms with Gasteiger partial charge in [-0.15, -0.1) is 11.8 Å². The van der Waals surface area contributed by atoms with Gasteiger partial charge in [-0.25, -0.2) is 0 Å². The van der Waals surface area contributed by atoms with Crippen molar-refractivity contribution in [2.24, 2.45) is 0 Å². The predicted molar refractivity (Wildman–Crippen MR) is 87.0 cm³/mol. The molecule has 0 radical (unpaired) electrons. The number of hydrogen-bond donors (Lipinski definition) is 1. The standard InChI is InChI=1S/C16H20N2O4S/c1-11-3-5-12(6-4-11)23-10-14(19)18-8-7-17-16(21)13(18)9-15(20)22-2/h3-6,13H,7-10H2,1-2H3,(H,17,21)/t13-/m0/s1. The molecule has 0 bridgehead atoms. The van der Waals surface area contributed by atoms with E-state index in [2.05, 4.69) is 10.1 Å². The molecule has 1 N–H and O–H groups in total. The number of esters is 1. The van der Waals surface area contributed by atoms with Crippen LogP contribution in [0, 0.1) is 6.92 Å². The summed E-state index contributed by atoms with van der Waals surface area (Å²) in [6, 6.07) is 7.11. The fourth-order valence-corrected chi connectivity index (χ4v) is 3.10. The SMILES string of the molecule is COC(=O)C[C@H]1C(=O)NCCN1C(=O)CSc1ccc(C)cc1. The van der Waals surface area contributed by atoms with E-state index in [1.165, 1.54) is 23.8 Å². The quantitative estimate of drug-likeness (QED) is 0.641. The number of nitrogens with one attached hydrogen (secondary N) is 1.